The minimum atomic E-state index is -0.784. The van der Waals surface area contributed by atoms with Gasteiger partial charge in [-0.05, 0) is 46.3 Å². The van der Waals surface area contributed by atoms with Crippen molar-refractivity contribution in [1.29, 1.82) is 0 Å². The van der Waals surface area contributed by atoms with Crippen LogP contribution in [0.5, 0.6) is 11.5 Å². The SMILES string of the molecule is COc1cccc(NC(=O)CN(C)C(=O)COC(=O)COc2ccc(F)cc2Br)c1. The number of ether oxygens (including phenoxy) is 3. The molecule has 2 aromatic rings. The van der Waals surface area contributed by atoms with E-state index in [4.69, 9.17) is 14.2 Å². The van der Waals surface area contributed by atoms with Crippen molar-refractivity contribution in [3.05, 3.63) is 52.8 Å². The third-order valence-electron chi connectivity index (χ3n) is 3.76. The lowest BCUT2D eigenvalue weighted by molar-refractivity contribution is -0.153. The number of methoxy groups -OCH3 is 1. The summed E-state index contributed by atoms with van der Waals surface area (Å²) in [6.07, 6.45) is 0. The first-order valence-electron chi connectivity index (χ1n) is 8.70. The van der Waals surface area contributed by atoms with Gasteiger partial charge in [0.1, 0.15) is 17.3 Å². The number of nitrogens with one attached hydrogen (secondary N) is 1. The summed E-state index contributed by atoms with van der Waals surface area (Å²) in [7, 11) is 2.92. The molecule has 0 heterocycles. The van der Waals surface area contributed by atoms with Gasteiger partial charge in [-0.15, -0.1) is 0 Å². The molecule has 0 aliphatic heterocycles. The fourth-order valence-electron chi connectivity index (χ4n) is 2.23. The summed E-state index contributed by atoms with van der Waals surface area (Å²) in [5, 5.41) is 2.64. The van der Waals surface area contributed by atoms with Crippen LogP contribution in [-0.2, 0) is 19.1 Å². The first-order chi connectivity index (χ1) is 14.3. The van der Waals surface area contributed by atoms with Crippen molar-refractivity contribution in [3.63, 3.8) is 0 Å². The molecule has 0 radical (unpaired) electrons. The standard InChI is InChI=1S/C20H20BrFN2O6/c1-24(10-18(25)23-14-4-3-5-15(9-14)28-2)19(26)11-30-20(27)12-29-17-7-6-13(22)8-16(17)21/h3-9H,10-12H2,1-2H3,(H,23,25). The smallest absolute Gasteiger partial charge is 0.344 e. The van der Waals surface area contributed by atoms with E-state index in [0.29, 0.717) is 15.9 Å². The zero-order valence-corrected chi connectivity index (χ0v) is 17.9. The Hall–Kier alpha value is -3.14. The largest absolute Gasteiger partial charge is 0.497 e. The molecule has 0 fully saturated rings. The molecule has 8 nitrogen and oxygen atoms in total. The molecule has 0 unspecified atom stereocenters. The molecule has 0 aliphatic carbocycles. The monoisotopic (exact) mass is 482 g/mol. The van der Waals surface area contributed by atoms with Crippen LogP contribution in [0.1, 0.15) is 0 Å². The highest BCUT2D eigenvalue weighted by Gasteiger charge is 2.16. The Morgan fingerprint density at radius 1 is 1.13 bits per heavy atom. The molecule has 2 aromatic carbocycles. The summed E-state index contributed by atoms with van der Waals surface area (Å²) in [6.45, 7) is -1.24. The van der Waals surface area contributed by atoms with Crippen LogP contribution in [0.3, 0.4) is 0 Å². The first-order valence-corrected chi connectivity index (χ1v) is 9.49. The molecule has 2 amide bonds. The number of carbonyl (C=O) groups excluding carboxylic acids is 3. The molecule has 0 saturated carbocycles. The topological polar surface area (TPSA) is 94.2 Å². The fourth-order valence-corrected chi connectivity index (χ4v) is 2.69. The lowest BCUT2D eigenvalue weighted by Gasteiger charge is -2.17. The highest BCUT2D eigenvalue weighted by molar-refractivity contribution is 9.10. The van der Waals surface area contributed by atoms with Gasteiger partial charge in [0.05, 0.1) is 18.1 Å². The predicted molar refractivity (Wildman–Crippen MR) is 110 cm³/mol. The molecule has 0 bridgehead atoms. The third kappa shape index (κ3) is 7.36. The molecule has 1 N–H and O–H groups in total. The van der Waals surface area contributed by atoms with E-state index in [1.54, 1.807) is 24.3 Å². The summed E-state index contributed by atoms with van der Waals surface area (Å²) in [6, 6.07) is 10.5. The van der Waals surface area contributed by atoms with Gasteiger partial charge in [0, 0.05) is 18.8 Å². The van der Waals surface area contributed by atoms with Crippen molar-refractivity contribution in [1.82, 2.24) is 4.90 Å². The summed E-state index contributed by atoms with van der Waals surface area (Å²) >= 11 is 3.11. The average Bonchev–Trinajstić information content (AvgIpc) is 2.71. The van der Waals surface area contributed by atoms with Gasteiger partial charge in [-0.1, -0.05) is 6.07 Å². The van der Waals surface area contributed by atoms with Crippen LogP contribution in [0.25, 0.3) is 0 Å². The van der Waals surface area contributed by atoms with E-state index in [0.717, 1.165) is 4.90 Å². The van der Waals surface area contributed by atoms with Crippen LogP contribution in [0.4, 0.5) is 10.1 Å². The molecule has 0 aromatic heterocycles. The molecular weight excluding hydrogens is 463 g/mol. The van der Waals surface area contributed by atoms with Crippen molar-refractivity contribution in [2.45, 2.75) is 0 Å². The Morgan fingerprint density at radius 3 is 2.60 bits per heavy atom. The van der Waals surface area contributed by atoms with E-state index in [2.05, 4.69) is 21.2 Å². The maximum atomic E-state index is 13.0. The Morgan fingerprint density at radius 2 is 1.90 bits per heavy atom. The number of amides is 2. The molecular formula is C20H20BrFN2O6. The number of anilines is 1. The van der Waals surface area contributed by atoms with Crippen molar-refractivity contribution in [2.75, 3.05) is 39.2 Å². The van der Waals surface area contributed by atoms with Crippen LogP contribution in [0.2, 0.25) is 0 Å². The minimum Gasteiger partial charge on any atom is -0.497 e. The zero-order chi connectivity index (χ0) is 22.1. The number of hydrogen-bond donors (Lipinski definition) is 1. The van der Waals surface area contributed by atoms with Gasteiger partial charge >= 0.3 is 5.97 Å². The lowest BCUT2D eigenvalue weighted by Crippen LogP contribution is -2.37. The minimum absolute atomic E-state index is 0.230. The normalized spacial score (nSPS) is 10.1. The molecule has 0 spiro atoms. The van der Waals surface area contributed by atoms with Crippen molar-refractivity contribution < 1.29 is 33.0 Å². The predicted octanol–water partition coefficient (Wildman–Crippen LogP) is 2.62. The Bertz CT molecular complexity index is 924. The van der Waals surface area contributed by atoms with E-state index in [1.807, 2.05) is 0 Å². The second-order valence-electron chi connectivity index (χ2n) is 6.05. The summed E-state index contributed by atoms with van der Waals surface area (Å²) < 4.78 is 28.5. The summed E-state index contributed by atoms with van der Waals surface area (Å²) in [4.78, 5) is 37.0. The van der Waals surface area contributed by atoms with Crippen LogP contribution in [0.15, 0.2) is 46.9 Å². The number of rotatable bonds is 9. The fraction of sp³-hybridized carbons (Fsp3) is 0.250. The highest BCUT2D eigenvalue weighted by atomic mass is 79.9. The van der Waals surface area contributed by atoms with Gasteiger partial charge in [-0.3, -0.25) is 9.59 Å². The number of likely N-dealkylation sites (N-methyl/N-ethyl adjacent to an activating group) is 1. The van der Waals surface area contributed by atoms with E-state index < -0.39 is 36.8 Å². The van der Waals surface area contributed by atoms with E-state index >= 15 is 0 Å². The number of halogens is 2. The van der Waals surface area contributed by atoms with Crippen molar-refractivity contribution >= 4 is 39.4 Å². The van der Waals surface area contributed by atoms with Gasteiger partial charge in [0.15, 0.2) is 13.2 Å². The van der Waals surface area contributed by atoms with Gasteiger partial charge in [0.2, 0.25) is 5.91 Å². The Balaban J connectivity index is 1.73. The second kappa shape index (κ2) is 11.1. The Labute approximate surface area is 181 Å². The third-order valence-corrected chi connectivity index (χ3v) is 4.38. The van der Waals surface area contributed by atoms with Crippen molar-refractivity contribution in [3.8, 4) is 11.5 Å². The average molecular weight is 483 g/mol. The number of benzene rings is 2. The first kappa shape index (κ1) is 23.1. The van der Waals surface area contributed by atoms with Crippen LogP contribution in [0, 0.1) is 5.82 Å². The van der Waals surface area contributed by atoms with Gasteiger partial charge < -0.3 is 24.4 Å². The van der Waals surface area contributed by atoms with Gasteiger partial charge in [-0.2, -0.15) is 0 Å². The van der Waals surface area contributed by atoms with Crippen molar-refractivity contribution in [2.24, 2.45) is 0 Å². The highest BCUT2D eigenvalue weighted by Crippen LogP contribution is 2.25. The lowest BCUT2D eigenvalue weighted by atomic mass is 10.3. The molecule has 2 rings (SSSR count). The number of hydrogen-bond acceptors (Lipinski definition) is 6. The molecule has 30 heavy (non-hydrogen) atoms. The van der Waals surface area contributed by atoms with Gasteiger partial charge in [-0.25, -0.2) is 9.18 Å². The number of esters is 1. The van der Waals surface area contributed by atoms with Gasteiger partial charge in [0.25, 0.3) is 5.91 Å². The Kier molecular flexibility index (Phi) is 8.60. The summed E-state index contributed by atoms with van der Waals surface area (Å²) in [5.74, 6) is -1.39. The quantitative estimate of drug-likeness (QED) is 0.552. The molecule has 0 atom stereocenters. The molecule has 0 aliphatic rings. The maximum absolute atomic E-state index is 13.0. The zero-order valence-electron chi connectivity index (χ0n) is 16.3. The maximum Gasteiger partial charge on any atom is 0.344 e. The van der Waals surface area contributed by atoms with E-state index in [1.165, 1.54) is 32.4 Å². The van der Waals surface area contributed by atoms with E-state index in [-0.39, 0.29) is 12.3 Å². The van der Waals surface area contributed by atoms with Crippen LogP contribution >= 0.6 is 15.9 Å². The summed E-state index contributed by atoms with van der Waals surface area (Å²) in [5.41, 5.74) is 0.524. The number of carbonyl (C=O) groups is 3. The van der Waals surface area contributed by atoms with Crippen LogP contribution in [-0.4, -0.2) is 56.6 Å². The molecule has 160 valence electrons. The van der Waals surface area contributed by atoms with E-state index in [9.17, 15) is 18.8 Å². The second-order valence-corrected chi connectivity index (χ2v) is 6.91. The molecule has 10 heteroatoms. The number of nitrogens with zero attached hydrogens (tertiary/aromatic N) is 1. The van der Waals surface area contributed by atoms with Crippen LogP contribution < -0.4 is 14.8 Å². The molecule has 0 saturated heterocycles.